The Balaban J connectivity index is -0.0000000200. The van der Waals surface area contributed by atoms with Crippen LogP contribution in [0.5, 0.6) is 0 Å². The minimum atomic E-state index is 0. The maximum Gasteiger partial charge on any atom is 0.129 e. The van der Waals surface area contributed by atoms with E-state index in [4.69, 9.17) is 0 Å². The smallest absolute Gasteiger partial charge is 0.129 e. The average Bonchev–Trinajstić information content (AvgIpc) is 0.918. The second kappa shape index (κ2) is 27.4. The SMILES string of the molecule is N.N.[SiH3]O[SiH3]. The van der Waals surface area contributed by atoms with Crippen LogP contribution in [0, 0.1) is 0 Å². The molecule has 36 valence electrons. The predicted molar refractivity (Wildman–Crippen MR) is 31.0 cm³/mol. The highest BCUT2D eigenvalue weighted by Gasteiger charge is 1.28. The van der Waals surface area contributed by atoms with E-state index in [9.17, 15) is 0 Å². The van der Waals surface area contributed by atoms with Crippen LogP contribution in [-0.2, 0) is 4.12 Å². The van der Waals surface area contributed by atoms with Gasteiger partial charge in [-0.05, 0) is 0 Å². The summed E-state index contributed by atoms with van der Waals surface area (Å²) < 4.78 is 4.53. The molecule has 0 fully saturated rings. The van der Waals surface area contributed by atoms with Crippen molar-refractivity contribution in [2.45, 2.75) is 0 Å². The fourth-order valence-corrected chi connectivity index (χ4v) is 0. The second-order valence-electron chi connectivity index (χ2n) is 0.408. The lowest BCUT2D eigenvalue weighted by atomic mass is 14.0. The summed E-state index contributed by atoms with van der Waals surface area (Å²) in [5.41, 5.74) is 0. The molecule has 0 atom stereocenters. The molecule has 0 aliphatic heterocycles. The standard InChI is InChI=1S/2H3N.H6OSi2/c;;2-1-3/h2*1H3;2-3H3. The van der Waals surface area contributed by atoms with Crippen molar-refractivity contribution >= 4 is 21.0 Å². The molecule has 0 radical (unpaired) electrons. The summed E-state index contributed by atoms with van der Waals surface area (Å²) in [6.45, 7) is 0. The third-order valence-corrected chi connectivity index (χ3v) is 0. The molecule has 0 rings (SSSR count). The first-order chi connectivity index (χ1) is 1.41. The maximum atomic E-state index is 4.53. The van der Waals surface area contributed by atoms with Crippen LogP contribution in [0.25, 0.3) is 0 Å². The summed E-state index contributed by atoms with van der Waals surface area (Å²) in [4.78, 5) is 0. The zero-order valence-electron chi connectivity index (χ0n) is 3.82. The van der Waals surface area contributed by atoms with Gasteiger partial charge in [0.05, 0.1) is 0 Å². The van der Waals surface area contributed by atoms with Crippen LogP contribution in [0.2, 0.25) is 0 Å². The van der Waals surface area contributed by atoms with Gasteiger partial charge < -0.3 is 16.4 Å². The van der Waals surface area contributed by atoms with Gasteiger partial charge >= 0.3 is 0 Å². The van der Waals surface area contributed by atoms with E-state index < -0.39 is 0 Å². The van der Waals surface area contributed by atoms with E-state index in [0.717, 1.165) is 21.0 Å². The molecule has 0 aliphatic carbocycles. The van der Waals surface area contributed by atoms with Gasteiger partial charge in [-0.1, -0.05) is 0 Å². The zero-order valence-corrected chi connectivity index (χ0v) is 7.82. The average molecular weight is 112 g/mol. The Hall–Kier alpha value is 0.314. The molecule has 0 aliphatic rings. The summed E-state index contributed by atoms with van der Waals surface area (Å²) in [6, 6.07) is 0. The van der Waals surface area contributed by atoms with Crippen molar-refractivity contribution in [3.8, 4) is 0 Å². The fourth-order valence-electron chi connectivity index (χ4n) is 0. The third kappa shape index (κ3) is 235. The van der Waals surface area contributed by atoms with Gasteiger partial charge in [0.15, 0.2) is 0 Å². The summed E-state index contributed by atoms with van der Waals surface area (Å²) in [5, 5.41) is 0. The lowest BCUT2D eigenvalue weighted by Crippen LogP contribution is -1.65. The van der Waals surface area contributed by atoms with Crippen LogP contribution in [0.15, 0.2) is 0 Å². The second-order valence-corrected chi connectivity index (χ2v) is 3.67. The molecule has 6 N–H and O–H groups in total. The molecule has 0 amide bonds. The van der Waals surface area contributed by atoms with E-state index in [2.05, 4.69) is 4.12 Å². The van der Waals surface area contributed by atoms with Gasteiger partial charge in [0.25, 0.3) is 0 Å². The number of hydrogen-bond acceptors (Lipinski definition) is 3. The van der Waals surface area contributed by atoms with Crippen molar-refractivity contribution in [2.75, 3.05) is 0 Å². The van der Waals surface area contributed by atoms with Crippen molar-refractivity contribution in [1.29, 1.82) is 0 Å². The van der Waals surface area contributed by atoms with Crippen molar-refractivity contribution in [3.05, 3.63) is 0 Å². The van der Waals surface area contributed by atoms with Crippen LogP contribution in [0.4, 0.5) is 0 Å². The highest BCUT2D eigenvalue weighted by Crippen LogP contribution is 1.20. The van der Waals surface area contributed by atoms with Gasteiger partial charge in [0, 0.05) is 0 Å². The highest BCUT2D eigenvalue weighted by molar-refractivity contribution is 6.15. The van der Waals surface area contributed by atoms with E-state index in [-0.39, 0.29) is 12.3 Å². The molecule has 0 aromatic carbocycles. The van der Waals surface area contributed by atoms with Crippen molar-refractivity contribution in [2.24, 2.45) is 0 Å². The largest absolute Gasteiger partial charge is 0.471 e. The van der Waals surface area contributed by atoms with Gasteiger partial charge in [-0.2, -0.15) is 0 Å². The van der Waals surface area contributed by atoms with Crippen molar-refractivity contribution in [1.82, 2.24) is 12.3 Å². The summed E-state index contributed by atoms with van der Waals surface area (Å²) >= 11 is 0. The van der Waals surface area contributed by atoms with Crippen molar-refractivity contribution < 1.29 is 4.12 Å². The van der Waals surface area contributed by atoms with Gasteiger partial charge in [0.2, 0.25) is 0 Å². The Kier molecular flexibility index (Phi) is 101. The van der Waals surface area contributed by atoms with Gasteiger partial charge in [-0.15, -0.1) is 0 Å². The van der Waals surface area contributed by atoms with E-state index in [1.807, 2.05) is 0 Å². The topological polar surface area (TPSA) is 79.2 Å². The van der Waals surface area contributed by atoms with Crippen LogP contribution in [0.3, 0.4) is 0 Å². The lowest BCUT2D eigenvalue weighted by molar-refractivity contribution is 0.690. The predicted octanol–water partition coefficient (Wildman–Crippen LogP) is -2.11. The first kappa shape index (κ1) is 18.5. The minimum absolute atomic E-state index is 0. The molecule has 0 heterocycles. The maximum absolute atomic E-state index is 4.53. The quantitative estimate of drug-likeness (QED) is 0.352. The van der Waals surface area contributed by atoms with E-state index in [1.165, 1.54) is 0 Å². The Bertz CT molecular complexity index is 7.61. The van der Waals surface area contributed by atoms with Crippen molar-refractivity contribution in [3.63, 3.8) is 0 Å². The number of hydrogen-bond donors (Lipinski definition) is 2. The van der Waals surface area contributed by atoms with E-state index in [0.29, 0.717) is 0 Å². The summed E-state index contributed by atoms with van der Waals surface area (Å²) in [5.74, 6) is 0. The Morgan fingerprint density at radius 2 is 1.00 bits per heavy atom. The summed E-state index contributed by atoms with van der Waals surface area (Å²) in [6.07, 6.45) is 0. The van der Waals surface area contributed by atoms with Crippen LogP contribution in [-0.4, -0.2) is 21.0 Å². The molecule has 0 spiro atoms. The third-order valence-electron chi connectivity index (χ3n) is 0. The monoisotopic (exact) mass is 112 g/mol. The van der Waals surface area contributed by atoms with Crippen LogP contribution < -0.4 is 12.3 Å². The zero-order chi connectivity index (χ0) is 2.71. The molecular weight excluding hydrogens is 100 g/mol. The molecule has 0 aromatic rings. The molecule has 5 heteroatoms. The minimum Gasteiger partial charge on any atom is -0.471 e. The van der Waals surface area contributed by atoms with E-state index >= 15 is 0 Å². The molecule has 5 heavy (non-hydrogen) atoms. The molecule has 0 saturated carbocycles. The molecule has 0 aromatic heterocycles. The van der Waals surface area contributed by atoms with Gasteiger partial charge in [-0.25, -0.2) is 0 Å². The molecule has 0 saturated heterocycles. The lowest BCUT2D eigenvalue weighted by Gasteiger charge is -1.62. The normalized spacial score (nSPS) is 4.80. The molecule has 3 nitrogen and oxygen atoms in total. The summed E-state index contributed by atoms with van der Waals surface area (Å²) in [7, 11) is 1.86. The van der Waals surface area contributed by atoms with Gasteiger partial charge in [0.1, 0.15) is 21.0 Å². The Morgan fingerprint density at radius 3 is 1.00 bits per heavy atom. The van der Waals surface area contributed by atoms with Crippen LogP contribution >= 0.6 is 0 Å². The highest BCUT2D eigenvalue weighted by atomic mass is 28.3. The molecule has 0 bridgehead atoms. The van der Waals surface area contributed by atoms with Gasteiger partial charge in [-0.3, -0.25) is 0 Å². The molecule has 0 unspecified atom stereocenters. The van der Waals surface area contributed by atoms with E-state index in [1.54, 1.807) is 0 Å². The molecular formula is H12N2OSi2. The Labute approximate surface area is 38.3 Å². The number of rotatable bonds is 0. The first-order valence-electron chi connectivity index (χ1n) is 0.816. The first-order valence-corrected chi connectivity index (χ1v) is 2.45. The fraction of sp³-hybridized carbons (Fsp3) is 0. The van der Waals surface area contributed by atoms with Crippen LogP contribution in [0.1, 0.15) is 0 Å². The Morgan fingerprint density at radius 1 is 1.00 bits per heavy atom.